The molecule has 0 saturated carbocycles. The molecule has 0 nitrogen and oxygen atoms in total. The zero-order chi connectivity index (χ0) is 25.0. The average molecular weight is 465 g/mol. The zero-order valence-corrected chi connectivity index (χ0v) is 22.1. The van der Waals surface area contributed by atoms with Gasteiger partial charge in [-0.2, -0.15) is 0 Å². The zero-order valence-electron chi connectivity index (χ0n) is 22.1. The topological polar surface area (TPSA) is 0 Å². The van der Waals surface area contributed by atoms with Crippen molar-refractivity contribution in [2.24, 2.45) is 0 Å². The van der Waals surface area contributed by atoms with Crippen LogP contribution < -0.4 is 0 Å². The molecule has 0 saturated heterocycles. The molecule has 6 aromatic rings. The van der Waals surface area contributed by atoms with Gasteiger partial charge in [-0.25, -0.2) is 0 Å². The molecule has 0 aliphatic heterocycles. The molecule has 7 rings (SSSR count). The molecular formula is C36H32. The van der Waals surface area contributed by atoms with Crippen LogP contribution >= 0.6 is 0 Å². The second kappa shape index (κ2) is 6.98. The van der Waals surface area contributed by atoms with E-state index in [2.05, 4.69) is 126 Å². The summed E-state index contributed by atoms with van der Waals surface area (Å²) in [7, 11) is 0. The Hall–Kier alpha value is -3.64. The van der Waals surface area contributed by atoms with E-state index in [1.165, 1.54) is 76.5 Å². The maximum absolute atomic E-state index is 2.50. The van der Waals surface area contributed by atoms with Gasteiger partial charge in [0.05, 0.1) is 0 Å². The molecule has 0 heteroatoms. The molecule has 6 aromatic carbocycles. The van der Waals surface area contributed by atoms with E-state index in [-0.39, 0.29) is 10.8 Å². The fourth-order valence-electron chi connectivity index (χ4n) is 6.52. The molecule has 1 aliphatic carbocycles. The first kappa shape index (κ1) is 21.6. The van der Waals surface area contributed by atoms with Gasteiger partial charge in [0.2, 0.25) is 0 Å². The van der Waals surface area contributed by atoms with E-state index in [1.54, 1.807) is 0 Å². The van der Waals surface area contributed by atoms with E-state index in [9.17, 15) is 0 Å². The summed E-state index contributed by atoms with van der Waals surface area (Å²) in [5.41, 5.74) is 8.40. The largest absolute Gasteiger partial charge is 0.0616 e. The third-order valence-corrected chi connectivity index (χ3v) is 8.21. The van der Waals surface area contributed by atoms with Gasteiger partial charge in [-0.15, -0.1) is 0 Å². The first-order chi connectivity index (χ1) is 17.1. The van der Waals surface area contributed by atoms with Crippen molar-refractivity contribution in [3.8, 4) is 22.3 Å². The Kier molecular flexibility index (Phi) is 4.19. The number of hydrogen-bond acceptors (Lipinski definition) is 0. The van der Waals surface area contributed by atoms with Gasteiger partial charge in [0.25, 0.3) is 0 Å². The van der Waals surface area contributed by atoms with E-state index < -0.39 is 0 Å². The second-order valence-corrected chi connectivity index (χ2v) is 12.6. The minimum Gasteiger partial charge on any atom is -0.0616 e. The molecule has 0 atom stereocenters. The predicted octanol–water partition coefficient (Wildman–Crippen LogP) is 10.5. The number of rotatable bonds is 0. The molecule has 176 valence electrons. The highest BCUT2D eigenvalue weighted by Gasteiger charge is 2.27. The van der Waals surface area contributed by atoms with Crippen LogP contribution in [0.3, 0.4) is 0 Å². The SMILES string of the molecule is CC(C)(C)c1cc2c3cc4c(cc3c(C(C)(C)C)cc2c2ccccc12)-c1cccc2cccc-4c12. The Morgan fingerprint density at radius 2 is 0.861 bits per heavy atom. The molecule has 0 aromatic heterocycles. The van der Waals surface area contributed by atoms with Crippen molar-refractivity contribution >= 4 is 43.1 Å². The van der Waals surface area contributed by atoms with Crippen LogP contribution in [-0.2, 0) is 10.8 Å². The molecule has 1 aliphatic rings. The Morgan fingerprint density at radius 3 is 1.44 bits per heavy atom. The Bertz CT molecular complexity index is 1880. The Morgan fingerprint density at radius 1 is 0.389 bits per heavy atom. The van der Waals surface area contributed by atoms with Gasteiger partial charge in [-0.1, -0.05) is 102 Å². The van der Waals surface area contributed by atoms with Gasteiger partial charge in [0.1, 0.15) is 0 Å². The van der Waals surface area contributed by atoms with Crippen molar-refractivity contribution in [3.05, 3.63) is 96.1 Å². The summed E-state index contributed by atoms with van der Waals surface area (Å²) in [5.74, 6) is 0. The van der Waals surface area contributed by atoms with Crippen LogP contribution in [0.2, 0.25) is 0 Å². The molecular weight excluding hydrogens is 432 g/mol. The molecule has 36 heavy (non-hydrogen) atoms. The minimum absolute atomic E-state index is 0.0297. The van der Waals surface area contributed by atoms with Crippen molar-refractivity contribution in [3.63, 3.8) is 0 Å². The molecule has 0 heterocycles. The lowest BCUT2D eigenvalue weighted by molar-refractivity contribution is 0.595. The quantitative estimate of drug-likeness (QED) is 0.196. The minimum atomic E-state index is 0.0297. The lowest BCUT2D eigenvalue weighted by Gasteiger charge is -2.27. The van der Waals surface area contributed by atoms with Crippen molar-refractivity contribution in [2.45, 2.75) is 52.4 Å². The van der Waals surface area contributed by atoms with Gasteiger partial charge in [-0.05, 0) is 112 Å². The van der Waals surface area contributed by atoms with Crippen LogP contribution in [0.15, 0.2) is 84.9 Å². The van der Waals surface area contributed by atoms with Gasteiger partial charge >= 0.3 is 0 Å². The van der Waals surface area contributed by atoms with Crippen LogP contribution in [0, 0.1) is 0 Å². The van der Waals surface area contributed by atoms with Crippen molar-refractivity contribution in [1.29, 1.82) is 0 Å². The smallest absolute Gasteiger partial charge is 0.00264 e. The summed E-state index contributed by atoms with van der Waals surface area (Å²) in [6, 6.07) is 32.4. The highest BCUT2D eigenvalue weighted by Crippen LogP contribution is 2.51. The number of fused-ring (bicyclic) bond motifs is 8. The summed E-state index contributed by atoms with van der Waals surface area (Å²) in [5, 5.41) is 10.9. The Labute approximate surface area is 213 Å². The van der Waals surface area contributed by atoms with Crippen LogP contribution in [-0.4, -0.2) is 0 Å². The third kappa shape index (κ3) is 2.88. The highest BCUT2D eigenvalue weighted by atomic mass is 14.3. The van der Waals surface area contributed by atoms with E-state index >= 15 is 0 Å². The first-order valence-electron chi connectivity index (χ1n) is 13.1. The molecule has 0 bridgehead atoms. The fourth-order valence-corrected chi connectivity index (χ4v) is 6.52. The standard InChI is InChI=1S/C36H32/c1-35(2,3)32-20-30-28-17-26-24-15-9-11-21-12-10-16-25(34(21)24)27(26)18-31(28)33(36(4,5)6)19-29(30)22-13-7-8-14-23(22)32/h7-20H,1-6H3. The summed E-state index contributed by atoms with van der Waals surface area (Å²) in [4.78, 5) is 0. The van der Waals surface area contributed by atoms with E-state index in [0.717, 1.165) is 0 Å². The van der Waals surface area contributed by atoms with Crippen molar-refractivity contribution in [1.82, 2.24) is 0 Å². The maximum Gasteiger partial charge on any atom is -0.00264 e. The molecule has 0 radical (unpaired) electrons. The molecule has 0 amide bonds. The molecule has 0 fully saturated rings. The summed E-state index contributed by atoms with van der Waals surface area (Å²) < 4.78 is 0. The average Bonchev–Trinajstić information content (AvgIpc) is 3.15. The van der Waals surface area contributed by atoms with E-state index in [0.29, 0.717) is 0 Å². The van der Waals surface area contributed by atoms with E-state index in [4.69, 9.17) is 0 Å². The van der Waals surface area contributed by atoms with Gasteiger partial charge < -0.3 is 0 Å². The predicted molar refractivity (Wildman–Crippen MR) is 158 cm³/mol. The normalized spacial score (nSPS) is 13.3. The molecule has 0 spiro atoms. The fraction of sp³-hybridized carbons (Fsp3) is 0.222. The summed E-state index contributed by atoms with van der Waals surface area (Å²) >= 11 is 0. The van der Waals surface area contributed by atoms with Crippen LogP contribution in [0.5, 0.6) is 0 Å². The van der Waals surface area contributed by atoms with Crippen molar-refractivity contribution in [2.75, 3.05) is 0 Å². The first-order valence-corrected chi connectivity index (χ1v) is 13.1. The van der Waals surface area contributed by atoms with Crippen LogP contribution in [0.1, 0.15) is 52.7 Å². The Balaban J connectivity index is 1.72. The maximum atomic E-state index is 2.50. The van der Waals surface area contributed by atoms with Crippen LogP contribution in [0.25, 0.3) is 65.3 Å². The van der Waals surface area contributed by atoms with Gasteiger partial charge in [0.15, 0.2) is 0 Å². The summed E-state index contributed by atoms with van der Waals surface area (Å²) in [6.45, 7) is 14.1. The molecule has 0 N–H and O–H groups in total. The van der Waals surface area contributed by atoms with Gasteiger partial charge in [0, 0.05) is 0 Å². The summed E-state index contributed by atoms with van der Waals surface area (Å²) in [6.07, 6.45) is 0. The highest BCUT2D eigenvalue weighted by molar-refractivity contribution is 6.23. The van der Waals surface area contributed by atoms with Crippen LogP contribution in [0.4, 0.5) is 0 Å². The monoisotopic (exact) mass is 464 g/mol. The molecule has 0 unspecified atom stereocenters. The number of hydrogen-bond donors (Lipinski definition) is 0. The third-order valence-electron chi connectivity index (χ3n) is 8.21. The number of benzene rings is 6. The second-order valence-electron chi connectivity index (χ2n) is 12.6. The lowest BCUT2D eigenvalue weighted by Crippen LogP contribution is -2.13. The van der Waals surface area contributed by atoms with E-state index in [1.807, 2.05) is 0 Å². The van der Waals surface area contributed by atoms with Crippen molar-refractivity contribution < 1.29 is 0 Å². The lowest BCUT2D eigenvalue weighted by atomic mass is 9.77. The van der Waals surface area contributed by atoms with Gasteiger partial charge in [-0.3, -0.25) is 0 Å².